The first-order valence-electron chi connectivity index (χ1n) is 13.5. The summed E-state index contributed by atoms with van der Waals surface area (Å²) in [5.74, 6) is 0. The zero-order chi connectivity index (χ0) is 31.7. The average Bonchev–Trinajstić information content (AvgIpc) is 2.99. The summed E-state index contributed by atoms with van der Waals surface area (Å²) in [7, 11) is -13.2. The van der Waals surface area contributed by atoms with E-state index in [-0.39, 0.29) is 22.2 Å². The predicted octanol–water partition coefficient (Wildman–Crippen LogP) is 4.50. The van der Waals surface area contributed by atoms with E-state index in [0.29, 0.717) is 41.5 Å². The molecular formula is C29H29N3O9S3. The minimum atomic E-state index is -4.84. The topological polar surface area (TPSA) is 187 Å². The molecule has 1 aliphatic rings. The molecule has 0 bridgehead atoms. The molecule has 0 unspecified atom stereocenters. The number of rotatable bonds is 8. The van der Waals surface area contributed by atoms with Crippen molar-refractivity contribution in [1.29, 1.82) is 0 Å². The van der Waals surface area contributed by atoms with Crippen molar-refractivity contribution in [1.82, 2.24) is 9.62 Å². The number of hydrogen-bond acceptors (Lipinski definition) is 7. The molecule has 12 nitrogen and oxygen atoms in total. The Balaban J connectivity index is 1.29. The normalized spacial score (nSPS) is 14.8. The second-order valence-electron chi connectivity index (χ2n) is 10.3. The van der Waals surface area contributed by atoms with Gasteiger partial charge in [-0.05, 0) is 83.4 Å². The van der Waals surface area contributed by atoms with E-state index in [1.54, 1.807) is 30.3 Å². The van der Waals surface area contributed by atoms with Gasteiger partial charge >= 0.3 is 6.03 Å². The van der Waals surface area contributed by atoms with Crippen molar-refractivity contribution in [3.8, 4) is 11.1 Å². The van der Waals surface area contributed by atoms with Crippen molar-refractivity contribution in [2.45, 2.75) is 40.5 Å². The number of fused-ring (bicyclic) bond motifs is 1. The Morgan fingerprint density at radius 2 is 1.41 bits per heavy atom. The lowest BCUT2D eigenvalue weighted by Crippen LogP contribution is -2.35. The highest BCUT2D eigenvalue weighted by molar-refractivity contribution is 7.89. The summed E-state index contributed by atoms with van der Waals surface area (Å²) < 4.78 is 93.6. The molecule has 1 saturated heterocycles. The van der Waals surface area contributed by atoms with Crippen LogP contribution in [-0.4, -0.2) is 57.8 Å². The first-order chi connectivity index (χ1) is 20.7. The first kappa shape index (κ1) is 31.6. The van der Waals surface area contributed by atoms with Crippen LogP contribution < -0.4 is 10.6 Å². The van der Waals surface area contributed by atoms with Crippen molar-refractivity contribution < 1.29 is 39.2 Å². The molecule has 15 heteroatoms. The molecule has 1 fully saturated rings. The standard InChI is InChI=1S/C29H29N3O9S3/c33-29(31-24-9-11-25(12-10-24)42(34,35)32-13-2-1-3-14-32)30-19-20-5-4-6-21(15-20)22-7-8-23-16-26(43(36,37)38)18-28(27(23)17-22)44(39,40)41/h4-12,15-18H,1-3,13-14,19H2,(H2,30,31,33)(H,36,37,38)(H,39,40,41). The summed E-state index contributed by atoms with van der Waals surface area (Å²) in [6.07, 6.45) is 2.68. The summed E-state index contributed by atoms with van der Waals surface area (Å²) in [6.45, 7) is 1.12. The van der Waals surface area contributed by atoms with Crippen molar-refractivity contribution in [2.24, 2.45) is 0 Å². The van der Waals surface area contributed by atoms with Crippen molar-refractivity contribution in [3.63, 3.8) is 0 Å². The monoisotopic (exact) mass is 659 g/mol. The minimum Gasteiger partial charge on any atom is -0.334 e. The Morgan fingerprint density at radius 3 is 2.07 bits per heavy atom. The average molecular weight is 660 g/mol. The van der Waals surface area contributed by atoms with Gasteiger partial charge in [0, 0.05) is 30.7 Å². The maximum atomic E-state index is 12.8. The molecule has 0 atom stereocenters. The fraction of sp³-hybridized carbons (Fsp3) is 0.207. The van der Waals surface area contributed by atoms with Crippen LogP contribution >= 0.6 is 0 Å². The van der Waals surface area contributed by atoms with Crippen LogP contribution in [0.15, 0.2) is 93.5 Å². The molecule has 0 aromatic heterocycles. The van der Waals surface area contributed by atoms with Crippen LogP contribution in [0.4, 0.5) is 10.5 Å². The van der Waals surface area contributed by atoms with Crippen LogP contribution in [0.3, 0.4) is 0 Å². The Bertz CT molecular complexity index is 2060. The van der Waals surface area contributed by atoms with Gasteiger partial charge in [0.1, 0.15) is 4.90 Å². The SMILES string of the molecule is O=C(NCc1cccc(-c2ccc3cc(S(=O)(=O)O)cc(S(=O)(=O)O)c3c2)c1)Nc1ccc(S(=O)(=O)N2CCCCC2)cc1. The highest BCUT2D eigenvalue weighted by Gasteiger charge is 2.26. The van der Waals surface area contributed by atoms with E-state index in [1.807, 2.05) is 0 Å². The van der Waals surface area contributed by atoms with E-state index in [4.69, 9.17) is 0 Å². The Hall–Kier alpha value is -3.86. The number of nitrogens with zero attached hydrogens (tertiary/aromatic N) is 1. The summed E-state index contributed by atoms with van der Waals surface area (Å²) in [5, 5.41) is 5.63. The Kier molecular flexibility index (Phi) is 8.80. The van der Waals surface area contributed by atoms with Gasteiger partial charge in [-0.15, -0.1) is 0 Å². The number of benzene rings is 4. The molecule has 0 saturated carbocycles. The molecule has 1 aliphatic heterocycles. The lowest BCUT2D eigenvalue weighted by atomic mass is 9.99. The molecule has 4 aromatic rings. The smallest absolute Gasteiger partial charge is 0.319 e. The van der Waals surface area contributed by atoms with Gasteiger partial charge in [-0.1, -0.05) is 36.8 Å². The van der Waals surface area contributed by atoms with E-state index in [2.05, 4.69) is 10.6 Å². The molecule has 5 rings (SSSR count). The molecule has 0 spiro atoms. The van der Waals surface area contributed by atoms with Gasteiger partial charge in [0.05, 0.1) is 9.79 Å². The summed E-state index contributed by atoms with van der Waals surface area (Å²) in [6, 6.07) is 18.8. The third kappa shape index (κ3) is 7.09. The highest BCUT2D eigenvalue weighted by atomic mass is 32.2. The zero-order valence-corrected chi connectivity index (χ0v) is 25.6. The molecule has 2 amide bonds. The minimum absolute atomic E-state index is 0.0510. The van der Waals surface area contributed by atoms with Crippen LogP contribution in [-0.2, 0) is 36.8 Å². The van der Waals surface area contributed by atoms with Gasteiger partial charge < -0.3 is 10.6 Å². The molecule has 1 heterocycles. The summed E-state index contributed by atoms with van der Waals surface area (Å²) in [4.78, 5) is 11.4. The number of carbonyl (C=O) groups excluding carboxylic acids is 1. The number of amides is 2. The second-order valence-corrected chi connectivity index (χ2v) is 15.1. The molecule has 44 heavy (non-hydrogen) atoms. The molecular weight excluding hydrogens is 631 g/mol. The predicted molar refractivity (Wildman–Crippen MR) is 164 cm³/mol. The van der Waals surface area contributed by atoms with Gasteiger partial charge in [0.2, 0.25) is 10.0 Å². The lowest BCUT2D eigenvalue weighted by molar-refractivity contribution is 0.251. The number of urea groups is 1. The maximum Gasteiger partial charge on any atom is 0.319 e. The lowest BCUT2D eigenvalue weighted by Gasteiger charge is -2.25. The summed E-state index contributed by atoms with van der Waals surface area (Å²) >= 11 is 0. The Morgan fingerprint density at radius 1 is 0.727 bits per heavy atom. The number of nitrogens with one attached hydrogen (secondary N) is 2. The van der Waals surface area contributed by atoms with Crippen LogP contribution in [0.25, 0.3) is 21.9 Å². The van der Waals surface area contributed by atoms with E-state index < -0.39 is 46.1 Å². The molecule has 0 radical (unpaired) electrons. The number of piperidine rings is 1. The third-order valence-corrected chi connectivity index (χ3v) is 10.9. The number of hydrogen-bond donors (Lipinski definition) is 4. The van der Waals surface area contributed by atoms with Gasteiger partial charge in [-0.2, -0.15) is 21.1 Å². The highest BCUT2D eigenvalue weighted by Crippen LogP contribution is 2.32. The number of anilines is 1. The summed E-state index contributed by atoms with van der Waals surface area (Å²) in [5.41, 5.74) is 2.32. The van der Waals surface area contributed by atoms with E-state index in [0.717, 1.165) is 25.3 Å². The second kappa shape index (κ2) is 12.3. The fourth-order valence-electron chi connectivity index (χ4n) is 5.02. The third-order valence-electron chi connectivity index (χ3n) is 7.24. The van der Waals surface area contributed by atoms with Crippen molar-refractivity contribution in [3.05, 3.63) is 84.4 Å². The molecule has 4 aromatic carbocycles. The molecule has 232 valence electrons. The van der Waals surface area contributed by atoms with Crippen LogP contribution in [0, 0.1) is 0 Å². The zero-order valence-electron chi connectivity index (χ0n) is 23.2. The van der Waals surface area contributed by atoms with Crippen LogP contribution in [0.2, 0.25) is 0 Å². The van der Waals surface area contributed by atoms with Gasteiger partial charge in [-0.3, -0.25) is 9.11 Å². The van der Waals surface area contributed by atoms with Crippen molar-refractivity contribution in [2.75, 3.05) is 18.4 Å². The molecule has 4 N–H and O–H groups in total. The number of carbonyl (C=O) groups is 1. The van der Waals surface area contributed by atoms with Gasteiger partial charge in [0.15, 0.2) is 0 Å². The van der Waals surface area contributed by atoms with Gasteiger partial charge in [-0.25, -0.2) is 13.2 Å². The largest absolute Gasteiger partial charge is 0.334 e. The van der Waals surface area contributed by atoms with E-state index in [9.17, 15) is 39.2 Å². The fourth-order valence-corrected chi connectivity index (χ4v) is 7.89. The molecule has 0 aliphatic carbocycles. The first-order valence-corrected chi connectivity index (χ1v) is 17.8. The van der Waals surface area contributed by atoms with Gasteiger partial charge in [0.25, 0.3) is 20.2 Å². The van der Waals surface area contributed by atoms with Crippen LogP contribution in [0.1, 0.15) is 24.8 Å². The maximum absolute atomic E-state index is 12.8. The van der Waals surface area contributed by atoms with E-state index in [1.165, 1.54) is 40.7 Å². The van der Waals surface area contributed by atoms with Crippen molar-refractivity contribution >= 4 is 52.8 Å². The quantitative estimate of drug-likeness (QED) is 0.198. The Labute approximate surface area is 255 Å². The number of sulfonamides is 1. The van der Waals surface area contributed by atoms with Crippen LogP contribution in [0.5, 0.6) is 0 Å². The van der Waals surface area contributed by atoms with E-state index >= 15 is 0 Å².